The molecular formula is C21H25BrN2O4S. The second-order valence-corrected chi connectivity index (χ2v) is 9.96. The minimum atomic E-state index is -3.42. The fourth-order valence-corrected chi connectivity index (χ4v) is 5.24. The molecule has 2 aromatic carbocycles. The van der Waals surface area contributed by atoms with Gasteiger partial charge in [0.15, 0.2) is 6.10 Å². The van der Waals surface area contributed by atoms with Crippen molar-refractivity contribution < 1.29 is 17.9 Å². The van der Waals surface area contributed by atoms with Crippen molar-refractivity contribution in [3.63, 3.8) is 0 Å². The van der Waals surface area contributed by atoms with Crippen LogP contribution in [-0.4, -0.2) is 37.8 Å². The SMILES string of the molecule is Cc1ccc(OC(C)C(=O)NCc2ccc(S(=O)(=O)N3CCCC3)cc2)c(Br)c1. The Hall–Kier alpha value is -1.90. The number of ether oxygens (including phenoxy) is 1. The van der Waals surface area contributed by atoms with Gasteiger partial charge >= 0.3 is 0 Å². The van der Waals surface area contributed by atoms with E-state index < -0.39 is 16.1 Å². The zero-order valence-corrected chi connectivity index (χ0v) is 18.9. The maximum Gasteiger partial charge on any atom is 0.261 e. The van der Waals surface area contributed by atoms with Crippen molar-refractivity contribution in [3.8, 4) is 5.75 Å². The van der Waals surface area contributed by atoms with Crippen LogP contribution in [0.1, 0.15) is 30.9 Å². The largest absolute Gasteiger partial charge is 0.480 e. The van der Waals surface area contributed by atoms with E-state index in [0.717, 1.165) is 28.4 Å². The number of aryl methyl sites for hydroxylation is 1. The topological polar surface area (TPSA) is 75.7 Å². The summed E-state index contributed by atoms with van der Waals surface area (Å²) in [4.78, 5) is 12.6. The van der Waals surface area contributed by atoms with Crippen LogP contribution in [-0.2, 0) is 21.4 Å². The molecular weight excluding hydrogens is 456 g/mol. The summed E-state index contributed by atoms with van der Waals surface area (Å²) < 4.78 is 33.2. The Morgan fingerprint density at radius 2 is 1.83 bits per heavy atom. The molecule has 1 N–H and O–H groups in total. The fraction of sp³-hybridized carbons (Fsp3) is 0.381. The molecule has 1 saturated heterocycles. The first kappa shape index (κ1) is 21.8. The van der Waals surface area contributed by atoms with E-state index in [0.29, 0.717) is 25.4 Å². The van der Waals surface area contributed by atoms with Crippen LogP contribution in [0.25, 0.3) is 0 Å². The number of benzene rings is 2. The van der Waals surface area contributed by atoms with Gasteiger partial charge in [0, 0.05) is 19.6 Å². The minimum Gasteiger partial charge on any atom is -0.480 e. The maximum absolute atomic E-state index is 12.6. The molecule has 29 heavy (non-hydrogen) atoms. The highest BCUT2D eigenvalue weighted by molar-refractivity contribution is 9.10. The Morgan fingerprint density at radius 1 is 1.17 bits per heavy atom. The Kier molecular flexibility index (Phi) is 6.97. The van der Waals surface area contributed by atoms with E-state index in [1.54, 1.807) is 31.2 Å². The first-order chi connectivity index (χ1) is 13.8. The van der Waals surface area contributed by atoms with E-state index >= 15 is 0 Å². The third-order valence-electron chi connectivity index (χ3n) is 4.85. The average Bonchev–Trinajstić information content (AvgIpc) is 3.24. The van der Waals surface area contributed by atoms with Crippen LogP contribution in [0.5, 0.6) is 5.75 Å². The molecule has 0 aliphatic carbocycles. The van der Waals surface area contributed by atoms with Gasteiger partial charge in [0.2, 0.25) is 10.0 Å². The van der Waals surface area contributed by atoms with E-state index in [4.69, 9.17) is 4.74 Å². The van der Waals surface area contributed by atoms with E-state index in [-0.39, 0.29) is 10.8 Å². The van der Waals surface area contributed by atoms with Crippen molar-refractivity contribution in [2.45, 2.75) is 44.2 Å². The van der Waals surface area contributed by atoms with Gasteiger partial charge in [0.05, 0.1) is 9.37 Å². The highest BCUT2D eigenvalue weighted by atomic mass is 79.9. The first-order valence-corrected chi connectivity index (χ1v) is 11.8. The third kappa shape index (κ3) is 5.38. The summed E-state index contributed by atoms with van der Waals surface area (Å²) in [6.07, 6.45) is 1.15. The number of rotatable bonds is 7. The molecule has 1 atom stereocenters. The number of hydrogen-bond donors (Lipinski definition) is 1. The average molecular weight is 481 g/mol. The molecule has 0 aromatic heterocycles. The van der Waals surface area contributed by atoms with Crippen LogP contribution in [0, 0.1) is 6.92 Å². The molecule has 0 bridgehead atoms. The Morgan fingerprint density at radius 3 is 2.45 bits per heavy atom. The lowest BCUT2D eigenvalue weighted by molar-refractivity contribution is -0.127. The van der Waals surface area contributed by atoms with Gasteiger partial charge < -0.3 is 10.1 Å². The number of nitrogens with one attached hydrogen (secondary N) is 1. The molecule has 156 valence electrons. The first-order valence-electron chi connectivity index (χ1n) is 9.57. The maximum atomic E-state index is 12.6. The molecule has 0 saturated carbocycles. The van der Waals surface area contributed by atoms with Crippen molar-refractivity contribution in [1.82, 2.24) is 9.62 Å². The Balaban J connectivity index is 1.56. The summed E-state index contributed by atoms with van der Waals surface area (Å²) in [6.45, 7) is 5.12. The highest BCUT2D eigenvalue weighted by Crippen LogP contribution is 2.26. The smallest absolute Gasteiger partial charge is 0.261 e. The predicted octanol–water partition coefficient (Wildman–Crippen LogP) is 3.63. The number of nitrogens with zero attached hydrogens (tertiary/aromatic N) is 1. The molecule has 0 radical (unpaired) electrons. The van der Waals surface area contributed by atoms with Gasteiger partial charge in [0.25, 0.3) is 5.91 Å². The molecule has 1 heterocycles. The van der Waals surface area contributed by atoms with Crippen LogP contribution < -0.4 is 10.1 Å². The lowest BCUT2D eigenvalue weighted by atomic mass is 10.2. The molecule has 6 nitrogen and oxygen atoms in total. The summed E-state index contributed by atoms with van der Waals surface area (Å²) >= 11 is 3.44. The van der Waals surface area contributed by atoms with Gasteiger partial charge in [-0.3, -0.25) is 4.79 Å². The van der Waals surface area contributed by atoms with Crippen molar-refractivity contribution in [2.75, 3.05) is 13.1 Å². The van der Waals surface area contributed by atoms with Crippen LogP contribution in [0.2, 0.25) is 0 Å². The molecule has 1 aliphatic rings. The van der Waals surface area contributed by atoms with Crippen LogP contribution in [0.15, 0.2) is 51.8 Å². The van der Waals surface area contributed by atoms with Crippen LogP contribution in [0.4, 0.5) is 0 Å². The second kappa shape index (κ2) is 9.28. The van der Waals surface area contributed by atoms with Gasteiger partial charge in [-0.1, -0.05) is 18.2 Å². The molecule has 1 unspecified atom stereocenters. The summed E-state index contributed by atoms with van der Waals surface area (Å²) in [5.74, 6) is 0.362. The van der Waals surface area contributed by atoms with Gasteiger partial charge in [-0.05, 0) is 78.0 Å². The zero-order valence-electron chi connectivity index (χ0n) is 16.5. The molecule has 1 fully saturated rings. The summed E-state index contributed by atoms with van der Waals surface area (Å²) in [5.41, 5.74) is 1.92. The van der Waals surface area contributed by atoms with Crippen LogP contribution in [0.3, 0.4) is 0 Å². The van der Waals surface area contributed by atoms with Gasteiger partial charge in [-0.25, -0.2) is 8.42 Å². The monoisotopic (exact) mass is 480 g/mol. The van der Waals surface area contributed by atoms with Gasteiger partial charge in [0.1, 0.15) is 5.75 Å². The lowest BCUT2D eigenvalue weighted by Gasteiger charge is -2.17. The van der Waals surface area contributed by atoms with E-state index in [1.165, 1.54) is 4.31 Å². The summed E-state index contributed by atoms with van der Waals surface area (Å²) in [5, 5.41) is 2.82. The molecule has 3 rings (SSSR count). The Labute approximate surface area is 180 Å². The Bertz CT molecular complexity index is 971. The van der Waals surface area contributed by atoms with Crippen molar-refractivity contribution >= 4 is 31.9 Å². The zero-order chi connectivity index (χ0) is 21.0. The van der Waals surface area contributed by atoms with Gasteiger partial charge in [-0.15, -0.1) is 0 Å². The molecule has 0 spiro atoms. The number of hydrogen-bond acceptors (Lipinski definition) is 4. The summed E-state index contributed by atoms with van der Waals surface area (Å²) in [7, 11) is -3.42. The van der Waals surface area contributed by atoms with E-state index in [2.05, 4.69) is 21.2 Å². The minimum absolute atomic E-state index is 0.244. The standard InChI is InChI=1S/C21H25BrN2O4S/c1-15-5-10-20(19(22)13-15)28-16(2)21(25)23-14-17-6-8-18(9-7-17)29(26,27)24-11-3-4-12-24/h5-10,13,16H,3-4,11-12,14H2,1-2H3,(H,23,25). The number of amides is 1. The normalized spacial score (nSPS) is 15.8. The van der Waals surface area contributed by atoms with E-state index in [1.807, 2.05) is 25.1 Å². The highest BCUT2D eigenvalue weighted by Gasteiger charge is 2.26. The van der Waals surface area contributed by atoms with E-state index in [9.17, 15) is 13.2 Å². The van der Waals surface area contributed by atoms with Crippen molar-refractivity contribution in [3.05, 3.63) is 58.1 Å². The number of sulfonamides is 1. The molecule has 1 amide bonds. The second-order valence-electron chi connectivity index (χ2n) is 7.17. The fourth-order valence-electron chi connectivity index (χ4n) is 3.14. The number of carbonyl (C=O) groups excluding carboxylic acids is 1. The number of halogens is 1. The molecule has 1 aliphatic heterocycles. The third-order valence-corrected chi connectivity index (χ3v) is 7.39. The van der Waals surface area contributed by atoms with Crippen LogP contribution >= 0.6 is 15.9 Å². The lowest BCUT2D eigenvalue weighted by Crippen LogP contribution is -2.36. The summed E-state index contributed by atoms with van der Waals surface area (Å²) in [6, 6.07) is 12.3. The quantitative estimate of drug-likeness (QED) is 0.656. The van der Waals surface area contributed by atoms with Crippen molar-refractivity contribution in [2.24, 2.45) is 0 Å². The predicted molar refractivity (Wildman–Crippen MR) is 115 cm³/mol. The molecule has 8 heteroatoms. The molecule has 2 aromatic rings. The van der Waals surface area contributed by atoms with Gasteiger partial charge in [-0.2, -0.15) is 4.31 Å². The number of carbonyl (C=O) groups is 1. The van der Waals surface area contributed by atoms with Crippen molar-refractivity contribution in [1.29, 1.82) is 0 Å².